The molecule has 0 radical (unpaired) electrons. The van der Waals surface area contributed by atoms with Gasteiger partial charge in [0, 0.05) is 9.61 Å². The van der Waals surface area contributed by atoms with Crippen molar-refractivity contribution in [2.75, 3.05) is 7.05 Å². The minimum absolute atomic E-state index is 0.188. The fourth-order valence-corrected chi connectivity index (χ4v) is 2.20. The van der Waals surface area contributed by atoms with Gasteiger partial charge in [0.1, 0.15) is 5.82 Å². The molecular weight excluding hydrogens is 292 g/mol. The van der Waals surface area contributed by atoms with Crippen LogP contribution < -0.4 is 5.32 Å². The van der Waals surface area contributed by atoms with Gasteiger partial charge in [0.15, 0.2) is 0 Å². The highest BCUT2D eigenvalue weighted by molar-refractivity contribution is 14.1. The van der Waals surface area contributed by atoms with Gasteiger partial charge in [0.25, 0.3) is 0 Å². The molecule has 0 spiro atoms. The van der Waals surface area contributed by atoms with E-state index >= 15 is 0 Å². The van der Waals surface area contributed by atoms with Crippen molar-refractivity contribution in [2.45, 2.75) is 12.5 Å². The van der Waals surface area contributed by atoms with Gasteiger partial charge < -0.3 is 5.32 Å². The van der Waals surface area contributed by atoms with Crippen molar-refractivity contribution in [1.29, 1.82) is 0 Å². The van der Waals surface area contributed by atoms with Crippen LogP contribution in [0.3, 0.4) is 0 Å². The van der Waals surface area contributed by atoms with E-state index in [-0.39, 0.29) is 11.9 Å². The zero-order chi connectivity index (χ0) is 10.6. The molecule has 1 rings (SSSR count). The Bertz CT molecular complexity index is 325. The molecule has 0 heterocycles. The summed E-state index contributed by atoms with van der Waals surface area (Å²) < 4.78 is 13.8. The van der Waals surface area contributed by atoms with E-state index in [1.54, 1.807) is 6.07 Å². The first-order valence-electron chi connectivity index (χ1n) is 4.42. The molecule has 3 heteroatoms. The van der Waals surface area contributed by atoms with Crippen molar-refractivity contribution < 1.29 is 4.39 Å². The lowest BCUT2D eigenvalue weighted by Gasteiger charge is -2.16. The van der Waals surface area contributed by atoms with Crippen LogP contribution in [0.1, 0.15) is 18.0 Å². The Kier molecular flexibility index (Phi) is 4.54. The SMILES string of the molecule is C=CCC(NC)c1ccc(F)cc1I. The minimum Gasteiger partial charge on any atom is -0.313 e. The van der Waals surface area contributed by atoms with Crippen molar-refractivity contribution in [1.82, 2.24) is 5.32 Å². The highest BCUT2D eigenvalue weighted by Gasteiger charge is 2.10. The van der Waals surface area contributed by atoms with Crippen molar-refractivity contribution in [3.8, 4) is 0 Å². The van der Waals surface area contributed by atoms with E-state index in [0.717, 1.165) is 15.6 Å². The molecular formula is C11H13FIN. The van der Waals surface area contributed by atoms with Crippen molar-refractivity contribution in [3.63, 3.8) is 0 Å². The molecule has 76 valence electrons. The lowest BCUT2D eigenvalue weighted by Crippen LogP contribution is -2.16. The predicted octanol–water partition coefficient (Wildman–Crippen LogP) is 3.27. The van der Waals surface area contributed by atoms with Crippen LogP contribution in [0, 0.1) is 9.39 Å². The van der Waals surface area contributed by atoms with Gasteiger partial charge in [-0.3, -0.25) is 0 Å². The fraction of sp³-hybridized carbons (Fsp3) is 0.273. The fourth-order valence-electron chi connectivity index (χ4n) is 1.35. The van der Waals surface area contributed by atoms with Gasteiger partial charge in [-0.15, -0.1) is 6.58 Å². The van der Waals surface area contributed by atoms with E-state index in [2.05, 4.69) is 34.5 Å². The monoisotopic (exact) mass is 305 g/mol. The standard InChI is InChI=1S/C11H13FIN/c1-3-4-11(14-2)9-6-5-8(12)7-10(9)13/h3,5-7,11,14H,1,4H2,2H3. The highest BCUT2D eigenvalue weighted by atomic mass is 127. The lowest BCUT2D eigenvalue weighted by molar-refractivity contribution is 0.592. The van der Waals surface area contributed by atoms with Crippen LogP contribution >= 0.6 is 22.6 Å². The summed E-state index contributed by atoms with van der Waals surface area (Å²) in [5.41, 5.74) is 1.12. The number of hydrogen-bond acceptors (Lipinski definition) is 1. The Morgan fingerprint density at radius 3 is 2.86 bits per heavy atom. The van der Waals surface area contributed by atoms with Gasteiger partial charge in [0.05, 0.1) is 0 Å². The average molecular weight is 305 g/mol. The molecule has 0 saturated heterocycles. The largest absolute Gasteiger partial charge is 0.313 e. The quantitative estimate of drug-likeness (QED) is 0.665. The molecule has 0 saturated carbocycles. The maximum atomic E-state index is 12.9. The molecule has 0 amide bonds. The van der Waals surface area contributed by atoms with Gasteiger partial charge in [-0.1, -0.05) is 12.1 Å². The summed E-state index contributed by atoms with van der Waals surface area (Å²) in [6.07, 6.45) is 2.71. The molecule has 1 aromatic carbocycles. The molecule has 0 aromatic heterocycles. The van der Waals surface area contributed by atoms with E-state index < -0.39 is 0 Å². The van der Waals surface area contributed by atoms with Gasteiger partial charge in [0.2, 0.25) is 0 Å². The molecule has 1 nitrogen and oxygen atoms in total. The molecule has 0 fully saturated rings. The van der Waals surface area contributed by atoms with E-state index in [1.807, 2.05) is 19.2 Å². The third-order valence-corrected chi connectivity index (χ3v) is 3.02. The molecule has 1 atom stereocenters. The third kappa shape index (κ3) is 2.78. The Morgan fingerprint density at radius 2 is 2.36 bits per heavy atom. The maximum absolute atomic E-state index is 12.9. The minimum atomic E-state index is -0.188. The Labute approximate surface area is 97.5 Å². The maximum Gasteiger partial charge on any atom is 0.124 e. The van der Waals surface area contributed by atoms with Crippen LogP contribution in [-0.2, 0) is 0 Å². The van der Waals surface area contributed by atoms with Crippen molar-refractivity contribution >= 4 is 22.6 Å². The normalized spacial score (nSPS) is 12.5. The summed E-state index contributed by atoms with van der Waals surface area (Å²) in [6, 6.07) is 5.08. The first kappa shape index (κ1) is 11.7. The number of benzene rings is 1. The van der Waals surface area contributed by atoms with Crippen LogP contribution in [0.25, 0.3) is 0 Å². The van der Waals surface area contributed by atoms with E-state index in [0.29, 0.717) is 0 Å². The second-order valence-corrected chi connectivity index (χ2v) is 4.19. The van der Waals surface area contributed by atoms with Crippen LogP contribution in [0.5, 0.6) is 0 Å². The molecule has 14 heavy (non-hydrogen) atoms. The molecule has 1 N–H and O–H groups in total. The topological polar surface area (TPSA) is 12.0 Å². The third-order valence-electron chi connectivity index (χ3n) is 2.09. The first-order valence-corrected chi connectivity index (χ1v) is 5.50. The lowest BCUT2D eigenvalue weighted by atomic mass is 10.0. The van der Waals surface area contributed by atoms with Crippen LogP contribution in [0.4, 0.5) is 4.39 Å². The van der Waals surface area contributed by atoms with Gasteiger partial charge >= 0.3 is 0 Å². The zero-order valence-electron chi connectivity index (χ0n) is 8.06. The molecule has 0 aliphatic heterocycles. The second-order valence-electron chi connectivity index (χ2n) is 3.03. The first-order chi connectivity index (χ1) is 6.69. The number of hydrogen-bond donors (Lipinski definition) is 1. The predicted molar refractivity (Wildman–Crippen MR) is 65.7 cm³/mol. The van der Waals surface area contributed by atoms with Crippen LogP contribution in [-0.4, -0.2) is 7.05 Å². The summed E-state index contributed by atoms with van der Waals surface area (Å²) >= 11 is 2.15. The molecule has 0 aliphatic rings. The molecule has 0 bridgehead atoms. The Morgan fingerprint density at radius 1 is 1.64 bits per heavy atom. The van der Waals surface area contributed by atoms with Crippen molar-refractivity contribution in [3.05, 3.63) is 45.8 Å². The number of halogens is 2. The molecule has 1 aromatic rings. The van der Waals surface area contributed by atoms with Gasteiger partial charge in [-0.2, -0.15) is 0 Å². The zero-order valence-corrected chi connectivity index (χ0v) is 10.2. The Balaban J connectivity index is 2.97. The van der Waals surface area contributed by atoms with Gasteiger partial charge in [-0.25, -0.2) is 4.39 Å². The smallest absolute Gasteiger partial charge is 0.124 e. The van der Waals surface area contributed by atoms with E-state index in [1.165, 1.54) is 6.07 Å². The van der Waals surface area contributed by atoms with Gasteiger partial charge in [-0.05, 0) is 53.8 Å². The molecule has 0 aliphatic carbocycles. The summed E-state index contributed by atoms with van der Waals surface area (Å²) in [5.74, 6) is -0.188. The Hall–Kier alpha value is -0.420. The average Bonchev–Trinajstić information content (AvgIpc) is 2.15. The number of rotatable bonds is 4. The summed E-state index contributed by atoms with van der Waals surface area (Å²) in [6.45, 7) is 3.70. The van der Waals surface area contributed by atoms with Crippen LogP contribution in [0.2, 0.25) is 0 Å². The number of nitrogens with one attached hydrogen (secondary N) is 1. The second kappa shape index (κ2) is 5.46. The van der Waals surface area contributed by atoms with E-state index in [4.69, 9.17) is 0 Å². The van der Waals surface area contributed by atoms with E-state index in [9.17, 15) is 4.39 Å². The van der Waals surface area contributed by atoms with Crippen molar-refractivity contribution in [2.24, 2.45) is 0 Å². The summed E-state index contributed by atoms with van der Waals surface area (Å²) in [7, 11) is 1.90. The summed E-state index contributed by atoms with van der Waals surface area (Å²) in [5, 5.41) is 3.18. The summed E-state index contributed by atoms with van der Waals surface area (Å²) in [4.78, 5) is 0. The highest BCUT2D eigenvalue weighted by Crippen LogP contribution is 2.23. The van der Waals surface area contributed by atoms with Crippen LogP contribution in [0.15, 0.2) is 30.9 Å². The molecule has 1 unspecified atom stereocenters.